The van der Waals surface area contributed by atoms with Crippen molar-refractivity contribution in [3.05, 3.63) is 29.8 Å². The van der Waals surface area contributed by atoms with Crippen LogP contribution in [0.15, 0.2) is 29.3 Å². The van der Waals surface area contributed by atoms with Crippen molar-refractivity contribution in [2.24, 2.45) is 16.6 Å². The molecule has 0 fully saturated rings. The molecule has 1 aromatic carbocycles. The number of hydrogen-bond donors (Lipinski definition) is 2. The van der Waals surface area contributed by atoms with Crippen molar-refractivity contribution < 1.29 is 4.74 Å². The van der Waals surface area contributed by atoms with E-state index in [4.69, 9.17) is 10.5 Å². The summed E-state index contributed by atoms with van der Waals surface area (Å²) >= 11 is 0. The van der Waals surface area contributed by atoms with Gasteiger partial charge in [0.1, 0.15) is 5.75 Å². The summed E-state index contributed by atoms with van der Waals surface area (Å²) in [4.78, 5) is 4.28. The molecular formula is C14H21N3O. The zero-order valence-electron chi connectivity index (χ0n) is 11.0. The van der Waals surface area contributed by atoms with Crippen LogP contribution in [0.4, 0.5) is 0 Å². The molecule has 1 aliphatic heterocycles. The van der Waals surface area contributed by atoms with Crippen LogP contribution in [0.1, 0.15) is 25.3 Å². The van der Waals surface area contributed by atoms with Gasteiger partial charge in [-0.25, -0.2) is 0 Å². The largest absolute Gasteiger partial charge is 0.493 e. The van der Waals surface area contributed by atoms with Crippen LogP contribution in [0.2, 0.25) is 0 Å². The maximum absolute atomic E-state index is 5.82. The molecule has 0 radical (unpaired) electrons. The molecule has 1 heterocycles. The summed E-state index contributed by atoms with van der Waals surface area (Å²) in [5.41, 5.74) is 7.07. The van der Waals surface area contributed by atoms with Crippen molar-refractivity contribution in [2.45, 2.75) is 19.8 Å². The molecule has 2 rings (SSSR count). The van der Waals surface area contributed by atoms with E-state index in [1.165, 1.54) is 5.56 Å². The Kier molecular flexibility index (Phi) is 4.07. The van der Waals surface area contributed by atoms with Crippen molar-refractivity contribution >= 4 is 5.96 Å². The lowest BCUT2D eigenvalue weighted by Crippen LogP contribution is -2.35. The highest BCUT2D eigenvalue weighted by atomic mass is 16.5. The number of benzene rings is 1. The van der Waals surface area contributed by atoms with E-state index in [0.717, 1.165) is 18.8 Å². The molecule has 1 unspecified atom stereocenters. The number of nitrogens with one attached hydrogen (secondary N) is 1. The topological polar surface area (TPSA) is 59.6 Å². The van der Waals surface area contributed by atoms with E-state index in [2.05, 4.69) is 30.2 Å². The summed E-state index contributed by atoms with van der Waals surface area (Å²) in [6, 6.07) is 8.14. The van der Waals surface area contributed by atoms with Crippen LogP contribution in [0.5, 0.6) is 5.75 Å². The average Bonchev–Trinajstić information content (AvgIpc) is 2.77. The van der Waals surface area contributed by atoms with E-state index in [-0.39, 0.29) is 0 Å². The van der Waals surface area contributed by atoms with Gasteiger partial charge in [0, 0.05) is 24.6 Å². The minimum Gasteiger partial charge on any atom is -0.493 e. The first-order valence-electron chi connectivity index (χ1n) is 6.42. The minimum absolute atomic E-state index is 0.356. The maximum atomic E-state index is 5.82. The molecular weight excluding hydrogens is 226 g/mol. The lowest BCUT2D eigenvalue weighted by molar-refractivity contribution is 0.330. The Morgan fingerprint density at radius 2 is 2.28 bits per heavy atom. The predicted molar refractivity (Wildman–Crippen MR) is 74.0 cm³/mol. The number of rotatable bonds is 4. The van der Waals surface area contributed by atoms with Crippen molar-refractivity contribution in [3.63, 3.8) is 0 Å². The van der Waals surface area contributed by atoms with Gasteiger partial charge >= 0.3 is 0 Å². The number of aliphatic imine (C=N–C) groups is 1. The minimum atomic E-state index is 0.356. The monoisotopic (exact) mass is 247 g/mol. The Bertz CT molecular complexity index is 429. The van der Waals surface area contributed by atoms with Gasteiger partial charge in [-0.1, -0.05) is 32.0 Å². The Morgan fingerprint density at radius 1 is 1.50 bits per heavy atom. The van der Waals surface area contributed by atoms with E-state index < -0.39 is 0 Å². The van der Waals surface area contributed by atoms with Crippen molar-refractivity contribution in [1.82, 2.24) is 5.32 Å². The first kappa shape index (κ1) is 12.7. The molecule has 0 saturated heterocycles. The van der Waals surface area contributed by atoms with Crippen molar-refractivity contribution in [3.8, 4) is 5.75 Å². The van der Waals surface area contributed by atoms with E-state index in [1.54, 1.807) is 0 Å². The summed E-state index contributed by atoms with van der Waals surface area (Å²) in [5.74, 6) is 2.39. The fourth-order valence-corrected chi connectivity index (χ4v) is 1.96. The highest BCUT2D eigenvalue weighted by Gasteiger charge is 2.23. The molecule has 0 bridgehead atoms. The second-order valence-corrected chi connectivity index (χ2v) is 5.05. The fourth-order valence-electron chi connectivity index (χ4n) is 1.96. The highest BCUT2D eigenvalue weighted by Crippen LogP contribution is 2.32. The maximum Gasteiger partial charge on any atom is 0.188 e. The zero-order chi connectivity index (χ0) is 13.0. The predicted octanol–water partition coefficient (Wildman–Crippen LogP) is 1.72. The summed E-state index contributed by atoms with van der Waals surface area (Å²) in [7, 11) is 0. The summed E-state index contributed by atoms with van der Waals surface area (Å²) in [6.45, 7) is 6.49. The molecule has 4 nitrogen and oxygen atoms in total. The summed E-state index contributed by atoms with van der Waals surface area (Å²) < 4.78 is 5.62. The van der Waals surface area contributed by atoms with Crippen LogP contribution in [-0.4, -0.2) is 25.7 Å². The fraction of sp³-hybridized carbons (Fsp3) is 0.500. The molecule has 98 valence electrons. The summed E-state index contributed by atoms with van der Waals surface area (Å²) in [5, 5.41) is 3.17. The molecule has 1 atom stereocenters. The van der Waals surface area contributed by atoms with Crippen LogP contribution in [0.25, 0.3) is 0 Å². The molecule has 0 spiro atoms. The van der Waals surface area contributed by atoms with E-state index in [1.807, 2.05) is 18.2 Å². The Labute approximate surface area is 108 Å². The Morgan fingerprint density at radius 3 is 3.06 bits per heavy atom. The SMILES string of the molecule is CC(C)CN=C(N)NCC1COc2ccccc21. The van der Waals surface area contributed by atoms with Crippen molar-refractivity contribution in [1.29, 1.82) is 0 Å². The Balaban J connectivity index is 1.87. The molecule has 4 heteroatoms. The smallest absolute Gasteiger partial charge is 0.188 e. The standard InChI is InChI=1S/C14H21N3O/c1-10(2)7-16-14(15)17-8-11-9-18-13-6-4-3-5-12(11)13/h3-6,10-11H,7-9H2,1-2H3,(H3,15,16,17). The number of guanidine groups is 1. The van der Waals surface area contributed by atoms with Gasteiger partial charge in [-0.2, -0.15) is 0 Å². The first-order chi connectivity index (χ1) is 8.66. The average molecular weight is 247 g/mol. The lowest BCUT2D eigenvalue weighted by Gasteiger charge is -2.11. The van der Waals surface area contributed by atoms with Gasteiger partial charge in [0.05, 0.1) is 6.61 Å². The third-order valence-electron chi connectivity index (χ3n) is 2.96. The molecule has 0 amide bonds. The van der Waals surface area contributed by atoms with Crippen LogP contribution >= 0.6 is 0 Å². The van der Waals surface area contributed by atoms with E-state index >= 15 is 0 Å². The van der Waals surface area contributed by atoms with Gasteiger partial charge < -0.3 is 15.8 Å². The normalized spacial score (nSPS) is 18.6. The molecule has 18 heavy (non-hydrogen) atoms. The third-order valence-corrected chi connectivity index (χ3v) is 2.96. The third kappa shape index (κ3) is 3.15. The molecule has 3 N–H and O–H groups in total. The van der Waals surface area contributed by atoms with Gasteiger partial charge in [-0.15, -0.1) is 0 Å². The van der Waals surface area contributed by atoms with Gasteiger partial charge in [0.2, 0.25) is 0 Å². The summed E-state index contributed by atoms with van der Waals surface area (Å²) in [6.07, 6.45) is 0. The van der Waals surface area contributed by atoms with Crippen LogP contribution in [-0.2, 0) is 0 Å². The second-order valence-electron chi connectivity index (χ2n) is 5.05. The van der Waals surface area contributed by atoms with Crippen LogP contribution in [0, 0.1) is 5.92 Å². The number of hydrogen-bond acceptors (Lipinski definition) is 2. The molecule has 0 aromatic heterocycles. The van der Waals surface area contributed by atoms with Gasteiger partial charge in [0.25, 0.3) is 0 Å². The van der Waals surface area contributed by atoms with Crippen LogP contribution < -0.4 is 15.8 Å². The molecule has 1 aromatic rings. The van der Waals surface area contributed by atoms with Gasteiger partial charge in [-0.05, 0) is 12.0 Å². The first-order valence-corrected chi connectivity index (χ1v) is 6.42. The number of nitrogens with zero attached hydrogens (tertiary/aromatic N) is 1. The molecule has 1 aliphatic rings. The molecule has 0 aliphatic carbocycles. The second kappa shape index (κ2) is 5.76. The number of para-hydroxylation sites is 1. The van der Waals surface area contributed by atoms with E-state index in [9.17, 15) is 0 Å². The lowest BCUT2D eigenvalue weighted by atomic mass is 10.0. The Hall–Kier alpha value is -1.71. The van der Waals surface area contributed by atoms with Crippen LogP contribution in [0.3, 0.4) is 0 Å². The zero-order valence-corrected chi connectivity index (χ0v) is 11.0. The number of fused-ring (bicyclic) bond motifs is 1. The van der Waals surface area contributed by atoms with Gasteiger partial charge in [0.15, 0.2) is 5.96 Å². The number of ether oxygens (including phenoxy) is 1. The van der Waals surface area contributed by atoms with Gasteiger partial charge in [-0.3, -0.25) is 4.99 Å². The van der Waals surface area contributed by atoms with E-state index in [0.29, 0.717) is 24.4 Å². The van der Waals surface area contributed by atoms with Crippen molar-refractivity contribution in [2.75, 3.05) is 19.7 Å². The highest BCUT2D eigenvalue weighted by molar-refractivity contribution is 5.77. The molecule has 0 saturated carbocycles. The quantitative estimate of drug-likeness (QED) is 0.629. The number of nitrogens with two attached hydrogens (primary N) is 1.